The molecule has 1 aliphatic carbocycles. The molecule has 19 heavy (non-hydrogen) atoms. The summed E-state index contributed by atoms with van der Waals surface area (Å²) < 4.78 is 0. The first-order valence-electron chi connectivity index (χ1n) is 7.34. The fraction of sp³-hybridized carbons (Fsp3) is 0.625. The summed E-state index contributed by atoms with van der Waals surface area (Å²) in [6.07, 6.45) is 5.50. The van der Waals surface area contributed by atoms with Gasteiger partial charge >= 0.3 is 0 Å². The second-order valence-electron chi connectivity index (χ2n) is 5.84. The minimum Gasteiger partial charge on any atom is -0.318 e. The van der Waals surface area contributed by atoms with Crippen LogP contribution in [0.2, 0.25) is 0 Å². The van der Waals surface area contributed by atoms with E-state index in [9.17, 15) is 0 Å². The van der Waals surface area contributed by atoms with Gasteiger partial charge in [0.05, 0.1) is 0 Å². The van der Waals surface area contributed by atoms with E-state index in [1.54, 1.807) is 5.56 Å². The lowest BCUT2D eigenvalue weighted by Crippen LogP contribution is -2.36. The molecular formula is C16H25ClN2. The summed E-state index contributed by atoms with van der Waals surface area (Å²) in [6, 6.07) is 10.1. The van der Waals surface area contributed by atoms with Crippen molar-refractivity contribution in [2.24, 2.45) is 0 Å². The summed E-state index contributed by atoms with van der Waals surface area (Å²) in [5.74, 6) is 0.878. The molecular weight excluding hydrogens is 256 g/mol. The van der Waals surface area contributed by atoms with Crippen LogP contribution in [0.5, 0.6) is 0 Å². The first kappa shape index (κ1) is 14.8. The molecule has 2 aliphatic rings. The van der Waals surface area contributed by atoms with Gasteiger partial charge in [-0.3, -0.25) is 4.90 Å². The quantitative estimate of drug-likeness (QED) is 0.891. The largest absolute Gasteiger partial charge is 0.318 e. The molecule has 1 unspecified atom stereocenters. The van der Waals surface area contributed by atoms with E-state index >= 15 is 0 Å². The van der Waals surface area contributed by atoms with E-state index < -0.39 is 0 Å². The van der Waals surface area contributed by atoms with Crippen molar-refractivity contribution in [1.82, 2.24) is 10.2 Å². The Balaban J connectivity index is 0.00000133. The standard InChI is InChI=1S/C16H24N2.ClH/c1-17-11-16-3-2-10-18(16)12-13-4-6-14(7-5-13)15-8-9-15;/h4-7,15-17H,2-3,8-12H2,1H3;1H. The van der Waals surface area contributed by atoms with Crippen molar-refractivity contribution in [3.05, 3.63) is 35.4 Å². The molecule has 1 aromatic carbocycles. The van der Waals surface area contributed by atoms with Crippen molar-refractivity contribution in [2.75, 3.05) is 20.1 Å². The molecule has 0 radical (unpaired) electrons. The van der Waals surface area contributed by atoms with Crippen LogP contribution in [0.1, 0.15) is 42.7 Å². The Morgan fingerprint density at radius 3 is 2.53 bits per heavy atom. The molecule has 3 heteroatoms. The van der Waals surface area contributed by atoms with E-state index in [0.29, 0.717) is 0 Å². The number of hydrogen-bond donors (Lipinski definition) is 1. The lowest BCUT2D eigenvalue weighted by molar-refractivity contribution is 0.242. The molecule has 0 bridgehead atoms. The van der Waals surface area contributed by atoms with Gasteiger partial charge in [-0.2, -0.15) is 0 Å². The summed E-state index contributed by atoms with van der Waals surface area (Å²) in [5, 5.41) is 3.32. The van der Waals surface area contributed by atoms with E-state index in [2.05, 4.69) is 41.5 Å². The average Bonchev–Trinajstić information content (AvgIpc) is 3.15. The zero-order valence-corrected chi connectivity index (χ0v) is 12.6. The number of nitrogens with one attached hydrogen (secondary N) is 1. The zero-order valence-electron chi connectivity index (χ0n) is 11.8. The molecule has 106 valence electrons. The molecule has 2 fully saturated rings. The molecule has 1 saturated heterocycles. The number of nitrogens with zero attached hydrogens (tertiary/aromatic N) is 1. The molecule has 1 aliphatic heterocycles. The monoisotopic (exact) mass is 280 g/mol. The SMILES string of the molecule is CNCC1CCCN1Cc1ccc(C2CC2)cc1.Cl. The van der Waals surface area contributed by atoms with Gasteiger partial charge in [-0.1, -0.05) is 24.3 Å². The van der Waals surface area contributed by atoms with E-state index in [1.165, 1.54) is 37.8 Å². The second kappa shape index (κ2) is 6.74. The third kappa shape index (κ3) is 3.71. The minimum absolute atomic E-state index is 0. The van der Waals surface area contributed by atoms with Gasteiger partial charge in [0.2, 0.25) is 0 Å². The molecule has 1 N–H and O–H groups in total. The number of likely N-dealkylation sites (tertiary alicyclic amines) is 1. The van der Waals surface area contributed by atoms with Crippen molar-refractivity contribution in [3.63, 3.8) is 0 Å². The lowest BCUT2D eigenvalue weighted by atomic mass is 10.1. The van der Waals surface area contributed by atoms with Crippen molar-refractivity contribution in [2.45, 2.75) is 44.2 Å². The predicted octanol–water partition coefficient (Wildman–Crippen LogP) is 3.17. The Kier molecular flexibility index (Phi) is 5.26. The summed E-state index contributed by atoms with van der Waals surface area (Å²) in [5.41, 5.74) is 3.02. The van der Waals surface area contributed by atoms with Crippen LogP contribution >= 0.6 is 12.4 Å². The van der Waals surface area contributed by atoms with Gasteiger partial charge in [-0.15, -0.1) is 12.4 Å². The fourth-order valence-corrected chi connectivity index (χ4v) is 3.12. The number of rotatable bonds is 5. The van der Waals surface area contributed by atoms with E-state index in [-0.39, 0.29) is 12.4 Å². The summed E-state index contributed by atoms with van der Waals surface area (Å²) in [7, 11) is 2.06. The van der Waals surface area contributed by atoms with Crippen LogP contribution in [0, 0.1) is 0 Å². The maximum Gasteiger partial charge on any atom is 0.0237 e. The first-order valence-corrected chi connectivity index (χ1v) is 7.34. The smallest absolute Gasteiger partial charge is 0.0237 e. The molecule has 3 rings (SSSR count). The van der Waals surface area contributed by atoms with Gasteiger partial charge in [0, 0.05) is 19.1 Å². The predicted molar refractivity (Wildman–Crippen MR) is 83.0 cm³/mol. The maximum absolute atomic E-state index is 3.32. The van der Waals surface area contributed by atoms with Gasteiger partial charge in [0.25, 0.3) is 0 Å². The summed E-state index contributed by atoms with van der Waals surface area (Å²) in [4.78, 5) is 2.63. The van der Waals surface area contributed by atoms with Gasteiger partial charge in [-0.25, -0.2) is 0 Å². The number of likely N-dealkylation sites (N-methyl/N-ethyl adjacent to an activating group) is 1. The normalized spacial score (nSPS) is 23.3. The second-order valence-corrected chi connectivity index (χ2v) is 5.84. The van der Waals surface area contributed by atoms with Crippen LogP contribution in [0.15, 0.2) is 24.3 Å². The highest BCUT2D eigenvalue weighted by Gasteiger charge is 2.25. The van der Waals surface area contributed by atoms with Crippen molar-refractivity contribution >= 4 is 12.4 Å². The maximum atomic E-state index is 3.32. The highest BCUT2D eigenvalue weighted by atomic mass is 35.5. The highest BCUT2D eigenvalue weighted by Crippen LogP contribution is 2.39. The Morgan fingerprint density at radius 2 is 1.89 bits per heavy atom. The van der Waals surface area contributed by atoms with Gasteiger partial charge in [-0.05, 0) is 56.3 Å². The molecule has 1 aromatic rings. The summed E-state index contributed by atoms with van der Waals surface area (Å²) in [6.45, 7) is 3.51. The highest BCUT2D eigenvalue weighted by molar-refractivity contribution is 5.85. The van der Waals surface area contributed by atoms with E-state index in [4.69, 9.17) is 0 Å². The van der Waals surface area contributed by atoms with Gasteiger partial charge < -0.3 is 5.32 Å². The fourth-order valence-electron chi connectivity index (χ4n) is 3.12. The molecule has 1 atom stereocenters. The van der Waals surface area contributed by atoms with E-state index in [1.807, 2.05) is 0 Å². The van der Waals surface area contributed by atoms with Crippen molar-refractivity contribution in [3.8, 4) is 0 Å². The minimum atomic E-state index is 0. The van der Waals surface area contributed by atoms with E-state index in [0.717, 1.165) is 25.0 Å². The van der Waals surface area contributed by atoms with Crippen LogP contribution in [0.25, 0.3) is 0 Å². The van der Waals surface area contributed by atoms with Gasteiger partial charge in [0.1, 0.15) is 0 Å². The number of halogens is 1. The van der Waals surface area contributed by atoms with Crippen LogP contribution in [0.4, 0.5) is 0 Å². The van der Waals surface area contributed by atoms with Crippen molar-refractivity contribution in [1.29, 1.82) is 0 Å². The molecule has 0 spiro atoms. The molecule has 2 nitrogen and oxygen atoms in total. The number of hydrogen-bond acceptors (Lipinski definition) is 2. The molecule has 1 saturated carbocycles. The molecule has 1 heterocycles. The zero-order chi connectivity index (χ0) is 12.4. The van der Waals surface area contributed by atoms with Crippen molar-refractivity contribution < 1.29 is 0 Å². The van der Waals surface area contributed by atoms with Crippen LogP contribution < -0.4 is 5.32 Å². The Bertz CT molecular complexity index is 386. The number of benzene rings is 1. The Labute approximate surface area is 123 Å². The van der Waals surface area contributed by atoms with Crippen LogP contribution in [-0.4, -0.2) is 31.1 Å². The van der Waals surface area contributed by atoms with Gasteiger partial charge in [0.15, 0.2) is 0 Å². The Morgan fingerprint density at radius 1 is 1.16 bits per heavy atom. The molecule has 0 aromatic heterocycles. The average molecular weight is 281 g/mol. The molecule has 0 amide bonds. The topological polar surface area (TPSA) is 15.3 Å². The van der Waals surface area contributed by atoms with Crippen LogP contribution in [-0.2, 0) is 6.54 Å². The Hall–Kier alpha value is -0.570. The lowest BCUT2D eigenvalue weighted by Gasteiger charge is -2.24. The third-order valence-corrected chi connectivity index (χ3v) is 4.35. The first-order chi connectivity index (χ1) is 8.86. The van der Waals surface area contributed by atoms with Crippen LogP contribution in [0.3, 0.4) is 0 Å². The third-order valence-electron chi connectivity index (χ3n) is 4.35. The summed E-state index contributed by atoms with van der Waals surface area (Å²) >= 11 is 0.